The van der Waals surface area contributed by atoms with Gasteiger partial charge < -0.3 is 19.3 Å². The SMILES string of the molecule is COCc1cc(C(=O)O)nc2ccc(N3CC4(CC(C=Cc5c(-c6c(Cl)cncc6Cl)noc5C5CC5)C4)C3)cc12. The van der Waals surface area contributed by atoms with Gasteiger partial charge in [0.1, 0.15) is 17.1 Å². The van der Waals surface area contributed by atoms with Crippen LogP contribution in [0.2, 0.25) is 10.0 Å². The van der Waals surface area contributed by atoms with E-state index in [2.05, 4.69) is 38.2 Å². The standard InChI is InChI=1S/C31H28Cl2N4O4/c1-40-14-19-8-26(30(38)39)35-25-7-5-20(9-22(19)25)37-15-31(16-37)10-17(11-31)2-6-21-28(36-41-29(21)18-3-4-18)27-23(32)12-34-13-24(27)33/h2,5-9,12-13,17-18H,3-4,10-11,14-16H2,1H3,(H,38,39). The van der Waals surface area contributed by atoms with Crippen molar-refractivity contribution in [2.75, 3.05) is 25.1 Å². The van der Waals surface area contributed by atoms with E-state index in [0.717, 1.165) is 66.7 Å². The summed E-state index contributed by atoms with van der Waals surface area (Å²) in [4.78, 5) is 22.3. The molecule has 41 heavy (non-hydrogen) atoms. The number of carboxylic acids is 1. The van der Waals surface area contributed by atoms with Gasteiger partial charge in [-0.05, 0) is 61.4 Å². The highest BCUT2D eigenvalue weighted by Crippen LogP contribution is 2.54. The number of ether oxygens (including phenoxy) is 1. The molecule has 0 radical (unpaired) electrons. The number of methoxy groups -OCH3 is 1. The zero-order valence-electron chi connectivity index (χ0n) is 22.4. The van der Waals surface area contributed by atoms with Gasteiger partial charge in [-0.25, -0.2) is 9.78 Å². The van der Waals surface area contributed by atoms with Gasteiger partial charge in [-0.1, -0.05) is 40.5 Å². The normalized spacial score (nSPS) is 18.3. The Morgan fingerprint density at radius 1 is 1.20 bits per heavy atom. The molecule has 1 aromatic carbocycles. The van der Waals surface area contributed by atoms with E-state index in [1.165, 1.54) is 0 Å². The first-order valence-electron chi connectivity index (χ1n) is 13.7. The molecule has 3 aromatic heterocycles. The summed E-state index contributed by atoms with van der Waals surface area (Å²) in [5.41, 5.74) is 5.28. The quantitative estimate of drug-likeness (QED) is 0.229. The third-order valence-electron chi connectivity index (χ3n) is 8.53. The number of halogens is 2. The van der Waals surface area contributed by atoms with Gasteiger partial charge in [-0.15, -0.1) is 0 Å². The van der Waals surface area contributed by atoms with Crippen LogP contribution in [0.3, 0.4) is 0 Å². The van der Waals surface area contributed by atoms with Gasteiger partial charge in [0.25, 0.3) is 0 Å². The number of aromatic carboxylic acids is 1. The summed E-state index contributed by atoms with van der Waals surface area (Å²) >= 11 is 12.9. The van der Waals surface area contributed by atoms with E-state index in [1.807, 2.05) is 12.1 Å². The smallest absolute Gasteiger partial charge is 0.354 e. The first-order valence-corrected chi connectivity index (χ1v) is 14.5. The van der Waals surface area contributed by atoms with Crippen molar-refractivity contribution in [1.29, 1.82) is 0 Å². The number of allylic oxidation sites excluding steroid dienone is 1. The van der Waals surface area contributed by atoms with Crippen LogP contribution in [0.15, 0.2) is 47.3 Å². The van der Waals surface area contributed by atoms with E-state index in [4.69, 9.17) is 32.5 Å². The predicted octanol–water partition coefficient (Wildman–Crippen LogP) is 7.24. The van der Waals surface area contributed by atoms with Crippen molar-refractivity contribution in [2.24, 2.45) is 11.3 Å². The maximum absolute atomic E-state index is 11.5. The van der Waals surface area contributed by atoms with Crippen LogP contribution < -0.4 is 4.90 Å². The molecule has 7 rings (SSSR count). The topological polar surface area (TPSA) is 102 Å². The molecule has 0 atom stereocenters. The lowest BCUT2D eigenvalue weighted by Crippen LogP contribution is -2.62. The predicted molar refractivity (Wildman–Crippen MR) is 158 cm³/mol. The fourth-order valence-corrected chi connectivity index (χ4v) is 6.96. The highest BCUT2D eigenvalue weighted by molar-refractivity contribution is 6.39. The third-order valence-corrected chi connectivity index (χ3v) is 9.11. The third kappa shape index (κ3) is 4.78. The molecule has 2 saturated carbocycles. The summed E-state index contributed by atoms with van der Waals surface area (Å²) in [6, 6.07) is 7.64. The van der Waals surface area contributed by atoms with Crippen LogP contribution in [-0.2, 0) is 11.3 Å². The molecule has 3 aliphatic rings. The second-order valence-corrected chi connectivity index (χ2v) is 12.4. The van der Waals surface area contributed by atoms with Gasteiger partial charge in [0.15, 0.2) is 0 Å². The minimum absolute atomic E-state index is 0.0308. The van der Waals surface area contributed by atoms with Crippen molar-refractivity contribution < 1.29 is 19.2 Å². The Morgan fingerprint density at radius 3 is 2.63 bits per heavy atom. The molecule has 4 aromatic rings. The summed E-state index contributed by atoms with van der Waals surface area (Å²) in [5, 5.41) is 15.6. The minimum atomic E-state index is -1.04. The van der Waals surface area contributed by atoms with Gasteiger partial charge in [-0.2, -0.15) is 0 Å². The molecule has 0 amide bonds. The van der Waals surface area contributed by atoms with Crippen LogP contribution >= 0.6 is 23.2 Å². The van der Waals surface area contributed by atoms with Crippen LogP contribution in [0.25, 0.3) is 28.2 Å². The van der Waals surface area contributed by atoms with Gasteiger partial charge in [0.2, 0.25) is 0 Å². The van der Waals surface area contributed by atoms with Crippen LogP contribution in [0.5, 0.6) is 0 Å². The molecule has 1 aliphatic heterocycles. The molecule has 0 unspecified atom stereocenters. The summed E-state index contributed by atoms with van der Waals surface area (Å²) in [5.74, 6) is 0.762. The number of anilines is 1. The van der Waals surface area contributed by atoms with Crippen molar-refractivity contribution in [3.8, 4) is 11.3 Å². The molecule has 2 aliphatic carbocycles. The molecule has 1 spiro atoms. The van der Waals surface area contributed by atoms with E-state index in [0.29, 0.717) is 50.7 Å². The summed E-state index contributed by atoms with van der Waals surface area (Å²) in [6.07, 6.45) is 12.1. The lowest BCUT2D eigenvalue weighted by Gasteiger charge is -2.59. The first kappa shape index (κ1) is 26.4. The summed E-state index contributed by atoms with van der Waals surface area (Å²) in [7, 11) is 1.61. The van der Waals surface area contributed by atoms with Gasteiger partial charge in [-0.3, -0.25) is 4.98 Å². The second kappa shape index (κ2) is 10.1. The number of rotatable bonds is 8. The van der Waals surface area contributed by atoms with Crippen molar-refractivity contribution in [3.05, 3.63) is 75.4 Å². The van der Waals surface area contributed by atoms with Crippen LogP contribution in [-0.4, -0.2) is 46.4 Å². The Morgan fingerprint density at radius 2 is 1.95 bits per heavy atom. The molecule has 0 bridgehead atoms. The number of benzene rings is 1. The second-order valence-electron chi connectivity index (χ2n) is 11.6. The van der Waals surface area contributed by atoms with Gasteiger partial charge >= 0.3 is 5.97 Å². The molecule has 1 N–H and O–H groups in total. The van der Waals surface area contributed by atoms with E-state index >= 15 is 0 Å². The molecule has 1 saturated heterocycles. The number of carboxylic acid groups (broad SMARTS) is 1. The molecule has 3 fully saturated rings. The molecular formula is C31H28Cl2N4O4. The van der Waals surface area contributed by atoms with E-state index < -0.39 is 5.97 Å². The number of fused-ring (bicyclic) bond motifs is 1. The number of hydrogen-bond donors (Lipinski definition) is 1. The minimum Gasteiger partial charge on any atom is -0.477 e. The zero-order chi connectivity index (χ0) is 28.3. The Labute approximate surface area is 246 Å². The molecule has 8 nitrogen and oxygen atoms in total. The van der Waals surface area contributed by atoms with E-state index in [9.17, 15) is 9.90 Å². The van der Waals surface area contributed by atoms with Crippen molar-refractivity contribution >= 4 is 51.8 Å². The Bertz CT molecular complexity index is 1680. The average molecular weight is 591 g/mol. The Balaban J connectivity index is 1.05. The van der Waals surface area contributed by atoms with Gasteiger partial charge in [0.05, 0.1) is 22.2 Å². The Hall–Kier alpha value is -3.46. The first-order chi connectivity index (χ1) is 19.8. The number of hydrogen-bond acceptors (Lipinski definition) is 7. The monoisotopic (exact) mass is 590 g/mol. The maximum Gasteiger partial charge on any atom is 0.354 e. The summed E-state index contributed by atoms with van der Waals surface area (Å²) in [6.45, 7) is 2.32. The largest absolute Gasteiger partial charge is 0.477 e. The lowest BCUT2D eigenvalue weighted by molar-refractivity contribution is 0.0486. The van der Waals surface area contributed by atoms with E-state index in [1.54, 1.807) is 25.6 Å². The zero-order valence-corrected chi connectivity index (χ0v) is 24.0. The highest BCUT2D eigenvalue weighted by atomic mass is 35.5. The molecule has 4 heterocycles. The number of pyridine rings is 2. The molecule has 210 valence electrons. The van der Waals surface area contributed by atoms with E-state index in [-0.39, 0.29) is 5.69 Å². The molecular weight excluding hydrogens is 563 g/mol. The fourth-order valence-electron chi connectivity index (χ4n) is 6.42. The average Bonchev–Trinajstić information content (AvgIpc) is 3.67. The van der Waals surface area contributed by atoms with Crippen LogP contribution in [0, 0.1) is 11.3 Å². The van der Waals surface area contributed by atoms with Crippen LogP contribution in [0.4, 0.5) is 5.69 Å². The summed E-state index contributed by atoms with van der Waals surface area (Å²) < 4.78 is 11.1. The van der Waals surface area contributed by atoms with Gasteiger partial charge in [0, 0.05) is 66.1 Å². The van der Waals surface area contributed by atoms with Crippen molar-refractivity contribution in [3.63, 3.8) is 0 Å². The van der Waals surface area contributed by atoms with Crippen molar-refractivity contribution in [2.45, 2.75) is 38.2 Å². The number of aromatic nitrogens is 3. The Kier molecular flexibility index (Phi) is 6.52. The number of nitrogens with zero attached hydrogens (tertiary/aromatic N) is 4. The maximum atomic E-state index is 11.5. The number of carbonyl (C=O) groups is 1. The lowest BCUT2D eigenvalue weighted by atomic mass is 9.57. The fraction of sp³-hybridized carbons (Fsp3) is 0.355. The van der Waals surface area contributed by atoms with Crippen molar-refractivity contribution in [1.82, 2.24) is 15.1 Å². The van der Waals surface area contributed by atoms with Crippen LogP contribution in [0.1, 0.15) is 59.0 Å². The molecule has 10 heteroatoms. The highest BCUT2D eigenvalue weighted by Gasteiger charge is 2.51.